The SMILES string of the molecule is CCCCCCCCCCCCCCCCC=CC(CC(=O)O)C(=O)OCCCCCCCCC. The van der Waals surface area contributed by atoms with Gasteiger partial charge in [0.2, 0.25) is 0 Å². The van der Waals surface area contributed by atoms with Crippen molar-refractivity contribution in [3.05, 3.63) is 12.2 Å². The first-order valence-corrected chi connectivity index (χ1v) is 15.2. The lowest BCUT2D eigenvalue weighted by atomic mass is 10.0. The van der Waals surface area contributed by atoms with Crippen LogP contribution in [0.25, 0.3) is 0 Å². The summed E-state index contributed by atoms with van der Waals surface area (Å²) in [6.07, 6.45) is 31.3. The largest absolute Gasteiger partial charge is 0.481 e. The van der Waals surface area contributed by atoms with Crippen LogP contribution in [0.4, 0.5) is 0 Å². The Morgan fingerprint density at radius 3 is 1.46 bits per heavy atom. The number of unbranched alkanes of at least 4 members (excludes halogenated alkanes) is 20. The molecular weight excluding hydrogens is 436 g/mol. The van der Waals surface area contributed by atoms with E-state index in [4.69, 9.17) is 9.84 Å². The second kappa shape index (κ2) is 27.3. The zero-order chi connectivity index (χ0) is 25.8. The molecule has 0 aromatic heterocycles. The van der Waals surface area contributed by atoms with Crippen LogP contribution in [0.1, 0.15) is 162 Å². The van der Waals surface area contributed by atoms with Gasteiger partial charge in [0.25, 0.3) is 0 Å². The summed E-state index contributed by atoms with van der Waals surface area (Å²) in [5, 5.41) is 9.14. The van der Waals surface area contributed by atoms with Crippen molar-refractivity contribution in [3.63, 3.8) is 0 Å². The molecule has 206 valence electrons. The number of carboxylic acid groups (broad SMARTS) is 1. The molecule has 1 unspecified atom stereocenters. The van der Waals surface area contributed by atoms with E-state index >= 15 is 0 Å². The standard InChI is InChI=1S/C31H58O4/c1-3-5-7-9-11-12-13-14-15-16-17-18-19-20-22-24-26-29(28-30(32)33)31(34)35-27-25-23-21-10-8-6-4-2/h24,26,29H,3-23,25,27-28H2,1-2H3,(H,32,33). The summed E-state index contributed by atoms with van der Waals surface area (Å²) in [7, 11) is 0. The molecule has 0 aliphatic carbocycles. The monoisotopic (exact) mass is 494 g/mol. The Kier molecular flexibility index (Phi) is 26.2. The summed E-state index contributed by atoms with van der Waals surface area (Å²) < 4.78 is 5.36. The van der Waals surface area contributed by atoms with Crippen molar-refractivity contribution in [1.82, 2.24) is 0 Å². The molecule has 4 heteroatoms. The van der Waals surface area contributed by atoms with E-state index in [0.29, 0.717) is 6.61 Å². The number of carbonyl (C=O) groups excluding carboxylic acids is 1. The van der Waals surface area contributed by atoms with Crippen molar-refractivity contribution < 1.29 is 19.4 Å². The van der Waals surface area contributed by atoms with Crippen LogP contribution < -0.4 is 0 Å². The Morgan fingerprint density at radius 2 is 1.03 bits per heavy atom. The van der Waals surface area contributed by atoms with Crippen LogP contribution in [0.5, 0.6) is 0 Å². The Hall–Kier alpha value is -1.32. The van der Waals surface area contributed by atoms with Gasteiger partial charge in [-0.1, -0.05) is 148 Å². The van der Waals surface area contributed by atoms with Crippen LogP contribution in [0, 0.1) is 5.92 Å². The Bertz CT molecular complexity index is 500. The smallest absolute Gasteiger partial charge is 0.313 e. The second-order valence-electron chi connectivity index (χ2n) is 10.3. The minimum Gasteiger partial charge on any atom is -0.481 e. The third kappa shape index (κ3) is 25.6. The number of rotatable bonds is 27. The third-order valence-electron chi connectivity index (χ3n) is 6.78. The average Bonchev–Trinajstić information content (AvgIpc) is 2.84. The van der Waals surface area contributed by atoms with E-state index in [1.165, 1.54) is 116 Å². The lowest BCUT2D eigenvalue weighted by Gasteiger charge is -2.11. The molecule has 35 heavy (non-hydrogen) atoms. The number of esters is 1. The summed E-state index contributed by atoms with van der Waals surface area (Å²) >= 11 is 0. The zero-order valence-corrected chi connectivity index (χ0v) is 23.4. The molecule has 1 atom stereocenters. The van der Waals surface area contributed by atoms with Crippen molar-refractivity contribution >= 4 is 11.9 Å². The number of hydrogen-bond donors (Lipinski definition) is 1. The molecule has 0 amide bonds. The molecule has 0 radical (unpaired) electrons. The lowest BCUT2D eigenvalue weighted by molar-refractivity contribution is -0.151. The van der Waals surface area contributed by atoms with Crippen LogP contribution in [0.15, 0.2) is 12.2 Å². The van der Waals surface area contributed by atoms with E-state index in [1.807, 2.05) is 6.08 Å². The molecule has 0 heterocycles. The van der Waals surface area contributed by atoms with Crippen molar-refractivity contribution in [1.29, 1.82) is 0 Å². The molecule has 0 fully saturated rings. The van der Waals surface area contributed by atoms with Gasteiger partial charge in [0.05, 0.1) is 18.9 Å². The molecule has 0 bridgehead atoms. The lowest BCUT2D eigenvalue weighted by Crippen LogP contribution is -2.19. The van der Waals surface area contributed by atoms with E-state index in [-0.39, 0.29) is 6.42 Å². The quantitative estimate of drug-likeness (QED) is 0.0701. The van der Waals surface area contributed by atoms with Crippen LogP contribution in [0.3, 0.4) is 0 Å². The maximum Gasteiger partial charge on any atom is 0.313 e. The summed E-state index contributed by atoms with van der Waals surface area (Å²) in [6, 6.07) is 0. The van der Waals surface area contributed by atoms with Gasteiger partial charge in [0, 0.05) is 0 Å². The second-order valence-corrected chi connectivity index (χ2v) is 10.3. The highest BCUT2D eigenvalue weighted by Crippen LogP contribution is 2.15. The van der Waals surface area contributed by atoms with Crippen molar-refractivity contribution in [3.8, 4) is 0 Å². The van der Waals surface area contributed by atoms with Crippen LogP contribution in [0.2, 0.25) is 0 Å². The topological polar surface area (TPSA) is 63.6 Å². The number of carbonyl (C=O) groups is 2. The van der Waals surface area contributed by atoms with Gasteiger partial charge in [0.1, 0.15) is 0 Å². The summed E-state index contributed by atoms with van der Waals surface area (Å²) in [4.78, 5) is 23.5. The van der Waals surface area contributed by atoms with E-state index in [0.717, 1.165) is 25.7 Å². The van der Waals surface area contributed by atoms with E-state index in [2.05, 4.69) is 13.8 Å². The molecular formula is C31H58O4. The van der Waals surface area contributed by atoms with Gasteiger partial charge >= 0.3 is 11.9 Å². The average molecular weight is 495 g/mol. The van der Waals surface area contributed by atoms with Gasteiger partial charge in [-0.05, 0) is 19.3 Å². The number of aliphatic carboxylic acids is 1. The molecule has 0 aromatic carbocycles. The van der Waals surface area contributed by atoms with Crippen LogP contribution in [-0.2, 0) is 14.3 Å². The highest BCUT2D eigenvalue weighted by Gasteiger charge is 2.20. The fourth-order valence-corrected chi connectivity index (χ4v) is 4.47. The Balaban J connectivity index is 3.74. The molecule has 0 saturated carbocycles. The van der Waals surface area contributed by atoms with Crippen LogP contribution >= 0.6 is 0 Å². The van der Waals surface area contributed by atoms with E-state index < -0.39 is 17.9 Å². The summed E-state index contributed by atoms with van der Waals surface area (Å²) in [6.45, 7) is 4.88. The zero-order valence-electron chi connectivity index (χ0n) is 23.4. The molecule has 0 aliphatic heterocycles. The normalized spacial score (nSPS) is 12.3. The van der Waals surface area contributed by atoms with Crippen molar-refractivity contribution in [2.45, 2.75) is 162 Å². The molecule has 0 spiro atoms. The van der Waals surface area contributed by atoms with Crippen LogP contribution in [-0.4, -0.2) is 23.7 Å². The highest BCUT2D eigenvalue weighted by molar-refractivity contribution is 5.80. The first-order valence-electron chi connectivity index (χ1n) is 15.2. The summed E-state index contributed by atoms with van der Waals surface area (Å²) in [5.41, 5.74) is 0. The first-order chi connectivity index (χ1) is 17.1. The molecule has 1 N–H and O–H groups in total. The minimum atomic E-state index is -0.955. The van der Waals surface area contributed by atoms with E-state index in [9.17, 15) is 9.59 Å². The molecule has 0 saturated heterocycles. The van der Waals surface area contributed by atoms with Gasteiger partial charge in [-0.25, -0.2) is 0 Å². The van der Waals surface area contributed by atoms with Crippen molar-refractivity contribution in [2.75, 3.05) is 6.61 Å². The molecule has 0 aromatic rings. The van der Waals surface area contributed by atoms with Crippen molar-refractivity contribution in [2.24, 2.45) is 5.92 Å². The fraction of sp³-hybridized carbons (Fsp3) is 0.871. The number of allylic oxidation sites excluding steroid dienone is 1. The highest BCUT2D eigenvalue weighted by atomic mass is 16.5. The van der Waals surface area contributed by atoms with Gasteiger partial charge in [-0.2, -0.15) is 0 Å². The van der Waals surface area contributed by atoms with E-state index in [1.54, 1.807) is 6.08 Å². The van der Waals surface area contributed by atoms with Gasteiger partial charge in [0.15, 0.2) is 0 Å². The number of carboxylic acids is 1. The molecule has 4 nitrogen and oxygen atoms in total. The third-order valence-corrected chi connectivity index (χ3v) is 6.78. The number of hydrogen-bond acceptors (Lipinski definition) is 3. The Morgan fingerprint density at radius 1 is 0.629 bits per heavy atom. The summed E-state index contributed by atoms with van der Waals surface area (Å²) in [5.74, 6) is -2.01. The first kappa shape index (κ1) is 33.7. The minimum absolute atomic E-state index is 0.189. The maximum absolute atomic E-state index is 12.3. The van der Waals surface area contributed by atoms with Gasteiger partial charge < -0.3 is 9.84 Å². The predicted octanol–water partition coefficient (Wildman–Crippen LogP) is 9.80. The number of ether oxygens (including phenoxy) is 1. The molecule has 0 aliphatic rings. The predicted molar refractivity (Wildman–Crippen MR) is 149 cm³/mol. The fourth-order valence-electron chi connectivity index (χ4n) is 4.47. The van der Waals surface area contributed by atoms with Gasteiger partial charge in [-0.15, -0.1) is 0 Å². The Labute approximate surface area is 217 Å². The maximum atomic E-state index is 12.3. The van der Waals surface area contributed by atoms with Gasteiger partial charge in [-0.3, -0.25) is 9.59 Å². The molecule has 0 rings (SSSR count).